The summed E-state index contributed by atoms with van der Waals surface area (Å²) >= 11 is 12.4. The number of carbonyl (C=O) groups is 2. The number of sulfonamides is 1. The van der Waals surface area contributed by atoms with Gasteiger partial charge in [0.25, 0.3) is 10.0 Å². The van der Waals surface area contributed by atoms with Gasteiger partial charge >= 0.3 is 0 Å². The Bertz CT molecular complexity index is 1420. The first-order valence-electron chi connectivity index (χ1n) is 12.3. The Labute approximate surface area is 238 Å². The topological polar surface area (TPSA) is 86.8 Å². The molecule has 1 atom stereocenters. The fraction of sp³-hybridized carbons (Fsp3) is 0.286. The van der Waals surface area contributed by atoms with Crippen LogP contribution in [0.15, 0.2) is 77.7 Å². The normalized spacial score (nSPS) is 12.2. The molecule has 0 aromatic heterocycles. The van der Waals surface area contributed by atoms with Crippen LogP contribution in [-0.2, 0) is 26.2 Å². The molecule has 0 unspecified atom stereocenters. The van der Waals surface area contributed by atoms with E-state index in [0.717, 1.165) is 10.4 Å². The highest BCUT2D eigenvalue weighted by Crippen LogP contribution is 2.28. The van der Waals surface area contributed by atoms with Gasteiger partial charge in [0.15, 0.2) is 0 Å². The van der Waals surface area contributed by atoms with Crippen molar-refractivity contribution in [3.63, 3.8) is 0 Å². The molecule has 3 aromatic carbocycles. The molecule has 3 aromatic rings. The van der Waals surface area contributed by atoms with Gasteiger partial charge in [0.05, 0.1) is 10.6 Å². The lowest BCUT2D eigenvalue weighted by Gasteiger charge is -2.33. The highest BCUT2D eigenvalue weighted by molar-refractivity contribution is 7.92. The standard InChI is InChI=1S/C28H30Cl2FN3O4S/c1-4-25(28(36)32-19(2)3)33(17-20-14-15-21(29)16-23(20)30)27(35)18-34(26-13-9-8-12-24(26)31)39(37,38)22-10-6-5-7-11-22/h5-16,19,25H,4,17-18H2,1-3H3,(H,32,36)/t25-/m0/s1. The zero-order valence-electron chi connectivity index (χ0n) is 21.8. The van der Waals surface area contributed by atoms with E-state index in [2.05, 4.69) is 5.32 Å². The van der Waals surface area contributed by atoms with Crippen molar-refractivity contribution in [2.24, 2.45) is 0 Å². The molecule has 2 amide bonds. The number of halogens is 3. The van der Waals surface area contributed by atoms with Gasteiger partial charge in [-0.15, -0.1) is 0 Å². The van der Waals surface area contributed by atoms with E-state index in [4.69, 9.17) is 23.2 Å². The van der Waals surface area contributed by atoms with Gasteiger partial charge < -0.3 is 10.2 Å². The minimum absolute atomic E-state index is 0.102. The molecule has 1 N–H and O–H groups in total. The third kappa shape index (κ3) is 7.50. The molecule has 0 aliphatic rings. The predicted molar refractivity (Wildman–Crippen MR) is 152 cm³/mol. The average molecular weight is 595 g/mol. The lowest BCUT2D eigenvalue weighted by Crippen LogP contribution is -2.53. The van der Waals surface area contributed by atoms with Gasteiger partial charge in [-0.05, 0) is 62.2 Å². The summed E-state index contributed by atoms with van der Waals surface area (Å²) in [6.07, 6.45) is 0.237. The molecule has 0 heterocycles. The Morgan fingerprint density at radius 2 is 1.62 bits per heavy atom. The van der Waals surface area contributed by atoms with E-state index in [1.807, 2.05) is 0 Å². The second kappa shape index (κ2) is 13.3. The van der Waals surface area contributed by atoms with E-state index in [1.165, 1.54) is 53.4 Å². The Balaban J connectivity index is 2.09. The summed E-state index contributed by atoms with van der Waals surface area (Å²) in [7, 11) is -4.36. The van der Waals surface area contributed by atoms with Crippen LogP contribution in [0.2, 0.25) is 10.0 Å². The molecule has 208 valence electrons. The second-order valence-corrected chi connectivity index (χ2v) is 11.8. The van der Waals surface area contributed by atoms with E-state index >= 15 is 0 Å². The van der Waals surface area contributed by atoms with Gasteiger partial charge in [-0.3, -0.25) is 13.9 Å². The first-order chi connectivity index (χ1) is 18.4. The third-order valence-electron chi connectivity index (χ3n) is 5.90. The smallest absolute Gasteiger partial charge is 0.264 e. The van der Waals surface area contributed by atoms with Crippen LogP contribution in [0.4, 0.5) is 10.1 Å². The third-order valence-corrected chi connectivity index (χ3v) is 8.26. The SMILES string of the molecule is CC[C@@H](C(=O)NC(C)C)N(Cc1ccc(Cl)cc1Cl)C(=O)CN(c1ccccc1F)S(=O)(=O)c1ccccc1. The van der Waals surface area contributed by atoms with Crippen LogP contribution in [0.25, 0.3) is 0 Å². The lowest BCUT2D eigenvalue weighted by atomic mass is 10.1. The maximum absolute atomic E-state index is 14.9. The molecule has 0 aliphatic heterocycles. The van der Waals surface area contributed by atoms with Gasteiger partial charge in [0.1, 0.15) is 18.4 Å². The largest absolute Gasteiger partial charge is 0.352 e. The molecule has 0 bridgehead atoms. The number of rotatable bonds is 11. The quantitative estimate of drug-likeness (QED) is 0.311. The summed E-state index contributed by atoms with van der Waals surface area (Å²) in [5, 5.41) is 3.48. The molecule has 0 radical (unpaired) electrons. The lowest BCUT2D eigenvalue weighted by molar-refractivity contribution is -0.140. The summed E-state index contributed by atoms with van der Waals surface area (Å²) in [4.78, 5) is 28.2. The maximum Gasteiger partial charge on any atom is 0.264 e. The van der Waals surface area contributed by atoms with Gasteiger partial charge in [-0.25, -0.2) is 12.8 Å². The van der Waals surface area contributed by atoms with E-state index in [0.29, 0.717) is 10.6 Å². The first kappa shape index (κ1) is 30.4. The summed E-state index contributed by atoms with van der Waals surface area (Å²) in [6, 6.07) is 16.3. The summed E-state index contributed by atoms with van der Waals surface area (Å²) < 4.78 is 43.0. The number of nitrogens with one attached hydrogen (secondary N) is 1. The van der Waals surface area contributed by atoms with Gasteiger partial charge in [-0.2, -0.15) is 0 Å². The maximum atomic E-state index is 14.9. The molecule has 7 nitrogen and oxygen atoms in total. The van der Waals surface area contributed by atoms with Crippen molar-refractivity contribution in [2.45, 2.75) is 50.7 Å². The fourth-order valence-electron chi connectivity index (χ4n) is 4.02. The van der Waals surface area contributed by atoms with Crippen LogP contribution in [0, 0.1) is 5.82 Å². The highest BCUT2D eigenvalue weighted by Gasteiger charge is 2.34. The summed E-state index contributed by atoms with van der Waals surface area (Å²) in [5.74, 6) is -1.94. The molecular weight excluding hydrogens is 564 g/mol. The Morgan fingerprint density at radius 3 is 2.21 bits per heavy atom. The Hall–Kier alpha value is -3.14. The zero-order chi connectivity index (χ0) is 28.7. The minimum Gasteiger partial charge on any atom is -0.352 e. The Morgan fingerprint density at radius 1 is 0.974 bits per heavy atom. The zero-order valence-corrected chi connectivity index (χ0v) is 24.1. The minimum atomic E-state index is -4.36. The van der Waals surface area contributed by atoms with Crippen molar-refractivity contribution >= 4 is 50.7 Å². The number of para-hydroxylation sites is 1. The number of carbonyl (C=O) groups excluding carboxylic acids is 2. The van der Waals surface area contributed by atoms with E-state index < -0.39 is 40.2 Å². The number of amides is 2. The fourth-order valence-corrected chi connectivity index (χ4v) is 5.93. The molecule has 11 heteroatoms. The number of nitrogens with zero attached hydrogens (tertiary/aromatic N) is 2. The van der Waals surface area contributed by atoms with E-state index in [1.54, 1.807) is 39.0 Å². The van der Waals surface area contributed by atoms with Gasteiger partial charge in [0.2, 0.25) is 11.8 Å². The van der Waals surface area contributed by atoms with Crippen molar-refractivity contribution < 1.29 is 22.4 Å². The molecule has 39 heavy (non-hydrogen) atoms. The van der Waals surface area contributed by atoms with E-state index in [-0.39, 0.29) is 34.6 Å². The molecular formula is C28H30Cl2FN3O4S. The number of benzene rings is 3. The summed E-state index contributed by atoms with van der Waals surface area (Å²) in [6.45, 7) is 4.46. The van der Waals surface area contributed by atoms with Crippen molar-refractivity contribution in [1.82, 2.24) is 10.2 Å². The van der Waals surface area contributed by atoms with Crippen molar-refractivity contribution in [1.29, 1.82) is 0 Å². The molecule has 0 fully saturated rings. The monoisotopic (exact) mass is 593 g/mol. The molecule has 0 saturated heterocycles. The number of anilines is 1. The highest BCUT2D eigenvalue weighted by atomic mass is 35.5. The molecule has 3 rings (SSSR count). The first-order valence-corrected chi connectivity index (χ1v) is 14.5. The molecule has 0 spiro atoms. The van der Waals surface area contributed by atoms with Gasteiger partial charge in [-0.1, -0.05) is 66.5 Å². The van der Waals surface area contributed by atoms with Crippen LogP contribution in [-0.4, -0.2) is 43.8 Å². The van der Waals surface area contributed by atoms with Crippen molar-refractivity contribution in [3.05, 3.63) is 94.2 Å². The predicted octanol–water partition coefficient (Wildman–Crippen LogP) is 5.66. The average Bonchev–Trinajstić information content (AvgIpc) is 2.88. The second-order valence-electron chi connectivity index (χ2n) is 9.12. The number of hydrogen-bond acceptors (Lipinski definition) is 4. The van der Waals surface area contributed by atoms with Crippen LogP contribution in [0.1, 0.15) is 32.8 Å². The van der Waals surface area contributed by atoms with Crippen LogP contribution < -0.4 is 9.62 Å². The van der Waals surface area contributed by atoms with Gasteiger partial charge in [0, 0.05) is 22.6 Å². The number of hydrogen-bond donors (Lipinski definition) is 1. The van der Waals surface area contributed by atoms with Crippen molar-refractivity contribution in [3.8, 4) is 0 Å². The van der Waals surface area contributed by atoms with Crippen LogP contribution >= 0.6 is 23.2 Å². The summed E-state index contributed by atoms with van der Waals surface area (Å²) in [5.41, 5.74) is 0.215. The molecule has 0 saturated carbocycles. The van der Waals surface area contributed by atoms with Crippen molar-refractivity contribution in [2.75, 3.05) is 10.8 Å². The molecule has 0 aliphatic carbocycles. The van der Waals surface area contributed by atoms with Crippen LogP contribution in [0.5, 0.6) is 0 Å². The Kier molecular flexibility index (Phi) is 10.4. The van der Waals surface area contributed by atoms with E-state index in [9.17, 15) is 22.4 Å². The van der Waals surface area contributed by atoms with Crippen LogP contribution in [0.3, 0.4) is 0 Å².